The smallest absolute Gasteiger partial charge is 0.167 e. The Bertz CT molecular complexity index is 3080. The molecule has 11 aromatic rings. The minimum absolute atomic E-state index is 0.571. The standard InChI is InChI=1S/C45H26N4OS/c1-3-12-27(13-4-1)43-46-44(28-14-5-2-6-15-28)48-45(47-43)36-19-11-18-34-31-23-22-29(26-38(31)50-41(34)36)49-37-20-9-7-16-30(37)33-24-25-35-32-17-8-10-21-39(32)51-42(35)40(33)49/h1-26H. The van der Waals surface area contributed by atoms with Crippen molar-refractivity contribution in [2.24, 2.45) is 0 Å². The molecule has 0 N–H and O–H groups in total. The summed E-state index contributed by atoms with van der Waals surface area (Å²) in [6.45, 7) is 0. The summed E-state index contributed by atoms with van der Waals surface area (Å²) in [5.41, 5.74) is 7.69. The third-order valence-electron chi connectivity index (χ3n) is 9.86. The highest BCUT2D eigenvalue weighted by Crippen LogP contribution is 2.44. The van der Waals surface area contributed by atoms with Crippen LogP contribution in [0, 0.1) is 0 Å². The normalized spacial score (nSPS) is 11.9. The Morgan fingerprint density at radius 1 is 0.471 bits per heavy atom. The number of thiophene rings is 1. The fourth-order valence-electron chi connectivity index (χ4n) is 7.53. The summed E-state index contributed by atoms with van der Waals surface area (Å²) in [5.74, 6) is 1.81. The van der Waals surface area contributed by atoms with Crippen molar-refractivity contribution in [1.29, 1.82) is 0 Å². The molecule has 4 heterocycles. The largest absolute Gasteiger partial charge is 0.455 e. The quantitative estimate of drug-likeness (QED) is 0.187. The van der Waals surface area contributed by atoms with Crippen LogP contribution in [-0.4, -0.2) is 19.5 Å². The van der Waals surface area contributed by atoms with Crippen molar-refractivity contribution in [3.05, 3.63) is 158 Å². The monoisotopic (exact) mass is 670 g/mol. The van der Waals surface area contributed by atoms with Crippen molar-refractivity contribution in [3.8, 4) is 39.9 Å². The molecule has 0 aliphatic carbocycles. The highest BCUT2D eigenvalue weighted by atomic mass is 32.1. The number of rotatable bonds is 4. The maximum atomic E-state index is 6.82. The molecule has 0 bridgehead atoms. The molecule has 0 atom stereocenters. The number of nitrogens with zero attached hydrogens (tertiary/aromatic N) is 4. The molecule has 6 heteroatoms. The van der Waals surface area contributed by atoms with Crippen LogP contribution in [0.5, 0.6) is 0 Å². The van der Waals surface area contributed by atoms with E-state index in [-0.39, 0.29) is 0 Å². The highest BCUT2D eigenvalue weighted by Gasteiger charge is 2.21. The van der Waals surface area contributed by atoms with Gasteiger partial charge in [0.15, 0.2) is 17.5 Å². The zero-order valence-corrected chi connectivity index (χ0v) is 27.9. The van der Waals surface area contributed by atoms with E-state index in [4.69, 9.17) is 19.4 Å². The topological polar surface area (TPSA) is 56.7 Å². The van der Waals surface area contributed by atoms with Crippen LogP contribution >= 0.6 is 11.3 Å². The van der Waals surface area contributed by atoms with Crippen molar-refractivity contribution in [2.75, 3.05) is 0 Å². The van der Waals surface area contributed by atoms with E-state index in [2.05, 4.69) is 95.6 Å². The SMILES string of the molecule is c1ccc(-c2nc(-c3ccccc3)nc(-c3cccc4c3oc3cc(-n5c6ccccc6c6ccc7c8ccccc8sc7c65)ccc34)n2)cc1. The Balaban J connectivity index is 1.14. The zero-order valence-electron chi connectivity index (χ0n) is 27.1. The summed E-state index contributed by atoms with van der Waals surface area (Å²) in [7, 11) is 0. The molecule has 11 rings (SSSR count). The molecule has 4 aromatic heterocycles. The average molecular weight is 671 g/mol. The second kappa shape index (κ2) is 10.9. The lowest BCUT2D eigenvalue weighted by Gasteiger charge is -2.08. The number of fused-ring (bicyclic) bond motifs is 10. The lowest BCUT2D eigenvalue weighted by molar-refractivity contribution is 0.669. The van der Waals surface area contributed by atoms with Crippen LogP contribution in [-0.2, 0) is 0 Å². The van der Waals surface area contributed by atoms with E-state index in [0.29, 0.717) is 17.5 Å². The van der Waals surface area contributed by atoms with Gasteiger partial charge in [0, 0.05) is 59.9 Å². The van der Waals surface area contributed by atoms with Crippen molar-refractivity contribution in [3.63, 3.8) is 0 Å². The van der Waals surface area contributed by atoms with Gasteiger partial charge in [0.05, 0.1) is 21.3 Å². The van der Waals surface area contributed by atoms with E-state index >= 15 is 0 Å². The Labute approximate surface area is 295 Å². The second-order valence-electron chi connectivity index (χ2n) is 12.8. The third-order valence-corrected chi connectivity index (χ3v) is 11.1. The van der Waals surface area contributed by atoms with Gasteiger partial charge in [0.2, 0.25) is 0 Å². The lowest BCUT2D eigenvalue weighted by Crippen LogP contribution is -2.00. The summed E-state index contributed by atoms with van der Waals surface area (Å²) in [6, 6.07) is 54.8. The molecule has 5 nitrogen and oxygen atoms in total. The van der Waals surface area contributed by atoms with Gasteiger partial charge in [-0.05, 0) is 30.3 Å². The number of hydrogen-bond acceptors (Lipinski definition) is 5. The summed E-state index contributed by atoms with van der Waals surface area (Å²) in [4.78, 5) is 14.9. The van der Waals surface area contributed by atoms with Crippen LogP contribution in [0.4, 0.5) is 0 Å². The van der Waals surface area contributed by atoms with Crippen molar-refractivity contribution in [1.82, 2.24) is 19.5 Å². The Hall–Kier alpha value is -6.63. The van der Waals surface area contributed by atoms with Gasteiger partial charge in [-0.3, -0.25) is 0 Å². The van der Waals surface area contributed by atoms with Gasteiger partial charge < -0.3 is 8.98 Å². The number of hydrogen-bond donors (Lipinski definition) is 0. The molecule has 0 saturated carbocycles. The Kier molecular flexibility index (Phi) is 6.05. The predicted octanol–water partition coefficient (Wildman–Crippen LogP) is 12.2. The molecular weight excluding hydrogens is 645 g/mol. The second-order valence-corrected chi connectivity index (χ2v) is 13.8. The van der Waals surface area contributed by atoms with Crippen LogP contribution in [0.1, 0.15) is 0 Å². The first-order valence-electron chi connectivity index (χ1n) is 16.9. The van der Waals surface area contributed by atoms with E-state index in [0.717, 1.165) is 44.3 Å². The molecule has 51 heavy (non-hydrogen) atoms. The number of aromatic nitrogens is 4. The van der Waals surface area contributed by atoms with Gasteiger partial charge in [0.25, 0.3) is 0 Å². The first kappa shape index (κ1) is 28.2. The van der Waals surface area contributed by atoms with Crippen LogP contribution < -0.4 is 0 Å². The van der Waals surface area contributed by atoms with Crippen molar-refractivity contribution in [2.45, 2.75) is 0 Å². The molecule has 0 aliphatic rings. The molecule has 0 aliphatic heterocycles. The predicted molar refractivity (Wildman–Crippen MR) is 211 cm³/mol. The van der Waals surface area contributed by atoms with E-state index in [1.165, 1.54) is 42.0 Å². The van der Waals surface area contributed by atoms with Gasteiger partial charge in [-0.25, -0.2) is 15.0 Å². The lowest BCUT2D eigenvalue weighted by atomic mass is 10.1. The van der Waals surface area contributed by atoms with E-state index in [9.17, 15) is 0 Å². The van der Waals surface area contributed by atoms with E-state index in [1.807, 2.05) is 78.1 Å². The van der Waals surface area contributed by atoms with Crippen molar-refractivity contribution >= 4 is 75.3 Å². The first-order chi connectivity index (χ1) is 25.3. The highest BCUT2D eigenvalue weighted by molar-refractivity contribution is 7.26. The summed E-state index contributed by atoms with van der Waals surface area (Å²) < 4.78 is 11.8. The molecule has 0 saturated heterocycles. The van der Waals surface area contributed by atoms with Gasteiger partial charge in [-0.15, -0.1) is 11.3 Å². The molecule has 0 fully saturated rings. The number of benzene rings is 7. The minimum atomic E-state index is 0.571. The summed E-state index contributed by atoms with van der Waals surface area (Å²) in [6.07, 6.45) is 0. The molecule has 0 radical (unpaired) electrons. The van der Waals surface area contributed by atoms with Gasteiger partial charge in [-0.1, -0.05) is 121 Å². The fraction of sp³-hybridized carbons (Fsp3) is 0. The fourth-order valence-corrected chi connectivity index (χ4v) is 8.77. The van der Waals surface area contributed by atoms with Gasteiger partial charge in [-0.2, -0.15) is 0 Å². The van der Waals surface area contributed by atoms with Crippen LogP contribution in [0.15, 0.2) is 162 Å². The van der Waals surface area contributed by atoms with E-state index < -0.39 is 0 Å². The molecule has 0 amide bonds. The number of furan rings is 1. The Morgan fingerprint density at radius 2 is 1.10 bits per heavy atom. The van der Waals surface area contributed by atoms with Gasteiger partial charge in [0.1, 0.15) is 11.2 Å². The van der Waals surface area contributed by atoms with E-state index in [1.54, 1.807) is 0 Å². The maximum Gasteiger partial charge on any atom is 0.167 e. The molecule has 238 valence electrons. The minimum Gasteiger partial charge on any atom is -0.455 e. The average Bonchev–Trinajstić information content (AvgIpc) is 3.88. The van der Waals surface area contributed by atoms with Crippen LogP contribution in [0.3, 0.4) is 0 Å². The third kappa shape index (κ3) is 4.30. The first-order valence-corrected chi connectivity index (χ1v) is 17.8. The molecule has 7 aromatic carbocycles. The van der Waals surface area contributed by atoms with Crippen molar-refractivity contribution < 1.29 is 4.42 Å². The maximum absolute atomic E-state index is 6.82. The van der Waals surface area contributed by atoms with Crippen LogP contribution in [0.25, 0.3) is 104 Å². The molecule has 0 unspecified atom stereocenters. The summed E-state index contributed by atoms with van der Waals surface area (Å²) in [5, 5.41) is 7.12. The molecule has 0 spiro atoms. The van der Waals surface area contributed by atoms with Gasteiger partial charge >= 0.3 is 0 Å². The molecular formula is C45H26N4OS. The summed E-state index contributed by atoms with van der Waals surface area (Å²) >= 11 is 1.86. The number of para-hydroxylation sites is 2. The zero-order chi connectivity index (χ0) is 33.5. The Morgan fingerprint density at radius 3 is 1.88 bits per heavy atom. The van der Waals surface area contributed by atoms with Crippen LogP contribution in [0.2, 0.25) is 0 Å².